The van der Waals surface area contributed by atoms with Crippen LogP contribution in [0.2, 0.25) is 0 Å². The van der Waals surface area contributed by atoms with Gasteiger partial charge in [-0.25, -0.2) is 0 Å². The van der Waals surface area contributed by atoms with Gasteiger partial charge in [0.25, 0.3) is 0 Å². The first-order valence-electron chi connectivity index (χ1n) is 16.7. The predicted octanol–water partition coefficient (Wildman–Crippen LogP) is 13.2. The van der Waals surface area contributed by atoms with Crippen molar-refractivity contribution in [2.45, 2.75) is 12.8 Å². The number of benzene rings is 8. The maximum Gasteiger partial charge on any atom is 0.136 e. The fourth-order valence-corrected chi connectivity index (χ4v) is 8.37. The summed E-state index contributed by atoms with van der Waals surface area (Å²) in [4.78, 5) is 0. The second-order valence-electron chi connectivity index (χ2n) is 13.1. The molecule has 2 heterocycles. The standard InChI is InChI=1S/C46H28O2/c1-2-12-30-27(10-1)11-9-18-32(30)45-35-16-5-3-14-33(35)44(34-15-4-6-17-36(34)45)29-20-22-37-42(25-29)48-41-23-21-28-24-39-31-13-7-8-19-40(31)47-43(39)26-38(28)46(37)41/h1-7,9-18,20-26H,8,19H2. The molecule has 11 rings (SSSR count). The molecule has 0 radical (unpaired) electrons. The molecule has 0 unspecified atom stereocenters. The second-order valence-corrected chi connectivity index (χ2v) is 13.1. The minimum absolute atomic E-state index is 0.892. The lowest BCUT2D eigenvalue weighted by Gasteiger charge is -2.18. The Labute approximate surface area is 276 Å². The van der Waals surface area contributed by atoms with Crippen LogP contribution in [0.1, 0.15) is 17.7 Å². The summed E-state index contributed by atoms with van der Waals surface area (Å²) < 4.78 is 13.0. The zero-order chi connectivity index (χ0) is 31.3. The molecule has 0 saturated carbocycles. The van der Waals surface area contributed by atoms with Crippen molar-refractivity contribution < 1.29 is 8.83 Å². The van der Waals surface area contributed by atoms with E-state index in [0.717, 1.165) is 57.1 Å². The molecular weight excluding hydrogens is 585 g/mol. The van der Waals surface area contributed by atoms with Gasteiger partial charge in [-0.3, -0.25) is 0 Å². The molecule has 224 valence electrons. The highest BCUT2D eigenvalue weighted by Crippen LogP contribution is 2.46. The molecule has 2 heteroatoms. The van der Waals surface area contributed by atoms with Gasteiger partial charge < -0.3 is 8.83 Å². The van der Waals surface area contributed by atoms with Gasteiger partial charge in [0, 0.05) is 28.1 Å². The van der Waals surface area contributed by atoms with E-state index < -0.39 is 0 Å². The van der Waals surface area contributed by atoms with Gasteiger partial charge in [-0.1, -0.05) is 115 Å². The highest BCUT2D eigenvalue weighted by Gasteiger charge is 2.21. The van der Waals surface area contributed by atoms with Crippen LogP contribution in [0, 0.1) is 0 Å². The van der Waals surface area contributed by atoms with Gasteiger partial charge in [-0.05, 0) is 102 Å². The van der Waals surface area contributed by atoms with E-state index in [1.807, 2.05) is 0 Å². The average molecular weight is 613 g/mol. The minimum atomic E-state index is 0.892. The van der Waals surface area contributed by atoms with E-state index in [2.05, 4.69) is 146 Å². The molecule has 0 aliphatic heterocycles. The second kappa shape index (κ2) is 9.70. The van der Waals surface area contributed by atoms with E-state index in [1.165, 1.54) is 65.3 Å². The molecule has 8 aromatic carbocycles. The van der Waals surface area contributed by atoms with Gasteiger partial charge >= 0.3 is 0 Å². The summed E-state index contributed by atoms with van der Waals surface area (Å²) in [6.45, 7) is 0. The molecule has 10 aromatic rings. The van der Waals surface area contributed by atoms with Crippen molar-refractivity contribution in [3.05, 3.63) is 151 Å². The Kier molecular flexibility index (Phi) is 5.25. The topological polar surface area (TPSA) is 26.3 Å². The molecule has 0 amide bonds. The van der Waals surface area contributed by atoms with Crippen molar-refractivity contribution in [2.75, 3.05) is 0 Å². The zero-order valence-corrected chi connectivity index (χ0v) is 26.1. The third kappa shape index (κ3) is 3.57. The largest absolute Gasteiger partial charge is 0.460 e. The van der Waals surface area contributed by atoms with Gasteiger partial charge in [0.15, 0.2) is 0 Å². The van der Waals surface area contributed by atoms with Crippen LogP contribution >= 0.6 is 0 Å². The number of fused-ring (bicyclic) bond motifs is 11. The molecule has 1 aliphatic rings. The molecule has 2 nitrogen and oxygen atoms in total. The quantitative estimate of drug-likeness (QED) is 0.182. The Morgan fingerprint density at radius 3 is 1.96 bits per heavy atom. The number of aryl methyl sites for hydroxylation is 1. The van der Waals surface area contributed by atoms with Gasteiger partial charge in [0.2, 0.25) is 0 Å². The Bertz CT molecular complexity index is 2940. The highest BCUT2D eigenvalue weighted by molar-refractivity contribution is 6.25. The molecule has 1 aliphatic carbocycles. The maximum absolute atomic E-state index is 6.64. The van der Waals surface area contributed by atoms with Crippen molar-refractivity contribution in [1.82, 2.24) is 0 Å². The first kappa shape index (κ1) is 26.0. The molecule has 0 atom stereocenters. The Morgan fingerprint density at radius 2 is 1.15 bits per heavy atom. The van der Waals surface area contributed by atoms with E-state index in [0.29, 0.717) is 0 Å². The van der Waals surface area contributed by atoms with Crippen molar-refractivity contribution in [3.63, 3.8) is 0 Å². The normalized spacial score (nSPS) is 13.2. The summed E-state index contributed by atoms with van der Waals surface area (Å²) in [6.07, 6.45) is 6.44. The lowest BCUT2D eigenvalue weighted by molar-refractivity contribution is 0.546. The van der Waals surface area contributed by atoms with Crippen LogP contribution < -0.4 is 0 Å². The third-order valence-electron chi connectivity index (χ3n) is 10.5. The zero-order valence-electron chi connectivity index (χ0n) is 26.1. The Morgan fingerprint density at radius 1 is 0.438 bits per heavy atom. The predicted molar refractivity (Wildman–Crippen MR) is 202 cm³/mol. The van der Waals surface area contributed by atoms with Gasteiger partial charge in [-0.15, -0.1) is 0 Å². The lowest BCUT2D eigenvalue weighted by Crippen LogP contribution is -1.91. The number of furan rings is 2. The summed E-state index contributed by atoms with van der Waals surface area (Å²) >= 11 is 0. The maximum atomic E-state index is 6.64. The number of hydrogen-bond donors (Lipinski definition) is 0. The number of hydrogen-bond acceptors (Lipinski definition) is 2. The smallest absolute Gasteiger partial charge is 0.136 e. The summed E-state index contributed by atoms with van der Waals surface area (Å²) in [6, 6.07) is 48.6. The summed E-state index contributed by atoms with van der Waals surface area (Å²) in [5.41, 5.74) is 8.87. The van der Waals surface area contributed by atoms with Crippen LogP contribution in [0.15, 0.2) is 148 Å². The third-order valence-corrected chi connectivity index (χ3v) is 10.5. The van der Waals surface area contributed by atoms with Crippen molar-refractivity contribution in [3.8, 4) is 22.3 Å². The Balaban J connectivity index is 1.17. The first-order chi connectivity index (χ1) is 23.8. The molecular formula is C46H28O2. The van der Waals surface area contributed by atoms with E-state index in [-0.39, 0.29) is 0 Å². The molecule has 0 fully saturated rings. The Hall–Kier alpha value is -6.12. The highest BCUT2D eigenvalue weighted by atomic mass is 16.3. The van der Waals surface area contributed by atoms with Crippen molar-refractivity contribution in [1.29, 1.82) is 0 Å². The lowest BCUT2D eigenvalue weighted by atomic mass is 9.84. The van der Waals surface area contributed by atoms with Crippen LogP contribution in [-0.4, -0.2) is 0 Å². The first-order valence-corrected chi connectivity index (χ1v) is 16.7. The minimum Gasteiger partial charge on any atom is -0.460 e. The van der Waals surface area contributed by atoms with Crippen LogP contribution in [0.3, 0.4) is 0 Å². The van der Waals surface area contributed by atoms with Crippen LogP contribution in [-0.2, 0) is 6.42 Å². The molecule has 2 aromatic heterocycles. The van der Waals surface area contributed by atoms with Crippen molar-refractivity contribution >= 4 is 82.1 Å². The molecule has 48 heavy (non-hydrogen) atoms. The number of rotatable bonds is 2. The average Bonchev–Trinajstić information content (AvgIpc) is 3.70. The van der Waals surface area contributed by atoms with E-state index in [4.69, 9.17) is 8.83 Å². The van der Waals surface area contributed by atoms with Gasteiger partial charge in [0.05, 0.1) is 0 Å². The SMILES string of the molecule is C1=Cc2c(oc3cc4c(ccc5oc6cc(-c7c8ccccc8c(-c8cccc9ccccc89)c8ccccc78)ccc6c54)cc23)CC1. The summed E-state index contributed by atoms with van der Waals surface area (Å²) in [5.74, 6) is 1.09. The summed E-state index contributed by atoms with van der Waals surface area (Å²) in [7, 11) is 0. The van der Waals surface area contributed by atoms with E-state index in [1.54, 1.807) is 0 Å². The van der Waals surface area contributed by atoms with E-state index >= 15 is 0 Å². The fourth-order valence-electron chi connectivity index (χ4n) is 8.37. The fraction of sp³-hybridized carbons (Fsp3) is 0.0435. The van der Waals surface area contributed by atoms with Crippen LogP contribution in [0.25, 0.3) is 104 Å². The van der Waals surface area contributed by atoms with Gasteiger partial charge in [0.1, 0.15) is 22.5 Å². The molecule has 0 bridgehead atoms. The van der Waals surface area contributed by atoms with Crippen LogP contribution in [0.4, 0.5) is 0 Å². The van der Waals surface area contributed by atoms with Crippen LogP contribution in [0.5, 0.6) is 0 Å². The number of allylic oxidation sites excluding steroid dienone is 1. The molecule has 0 spiro atoms. The van der Waals surface area contributed by atoms with E-state index in [9.17, 15) is 0 Å². The molecule has 0 N–H and O–H groups in total. The van der Waals surface area contributed by atoms with Crippen molar-refractivity contribution in [2.24, 2.45) is 0 Å². The monoisotopic (exact) mass is 612 g/mol. The van der Waals surface area contributed by atoms with Gasteiger partial charge in [-0.2, -0.15) is 0 Å². The summed E-state index contributed by atoms with van der Waals surface area (Å²) in [5, 5.41) is 13.3. The molecule has 0 saturated heterocycles.